The summed E-state index contributed by atoms with van der Waals surface area (Å²) in [6.07, 6.45) is -0.924. The summed E-state index contributed by atoms with van der Waals surface area (Å²) in [5.41, 5.74) is -0.690. The number of halogens is 1. The van der Waals surface area contributed by atoms with Gasteiger partial charge < -0.3 is 4.74 Å². The molecule has 0 radical (unpaired) electrons. The number of amides is 2. The lowest BCUT2D eigenvalue weighted by atomic mass is 9.77. The zero-order valence-corrected chi connectivity index (χ0v) is 17.9. The number of carbonyl (C=O) groups is 4. The average Bonchev–Trinajstić information content (AvgIpc) is 3.41. The van der Waals surface area contributed by atoms with Gasteiger partial charge in [-0.15, -0.1) is 0 Å². The van der Waals surface area contributed by atoms with E-state index in [2.05, 4.69) is 0 Å². The number of nitrogens with zero attached hydrogens (tertiary/aromatic N) is 1. The van der Waals surface area contributed by atoms with Crippen molar-refractivity contribution in [3.63, 3.8) is 0 Å². The molecule has 0 unspecified atom stereocenters. The maximum absolute atomic E-state index is 13.8. The maximum Gasteiger partial charge on any atom is 0.241 e. The molecule has 0 saturated carbocycles. The molecule has 2 fully saturated rings. The number of rotatable bonds is 2. The highest BCUT2D eigenvalue weighted by atomic mass is 35.5. The molecule has 6 nitrogen and oxygen atoms in total. The SMILES string of the molecule is O=C1[C@@H]2[C@@H](C(=O)N1c1ccc(Cl)cc1)C1(O[C@H]2c2ccccc2)C(=O)c2ccccc2C1=O. The van der Waals surface area contributed by atoms with E-state index in [1.54, 1.807) is 72.8 Å². The zero-order chi connectivity index (χ0) is 22.9. The molecule has 3 aliphatic rings. The summed E-state index contributed by atoms with van der Waals surface area (Å²) in [5.74, 6) is -4.56. The number of fused-ring (bicyclic) bond motifs is 3. The van der Waals surface area contributed by atoms with Gasteiger partial charge in [-0.1, -0.05) is 66.2 Å². The summed E-state index contributed by atoms with van der Waals surface area (Å²) in [6.45, 7) is 0. The van der Waals surface area contributed by atoms with Gasteiger partial charge in [0.25, 0.3) is 0 Å². The van der Waals surface area contributed by atoms with Gasteiger partial charge in [0, 0.05) is 16.1 Å². The first-order chi connectivity index (χ1) is 15.9. The summed E-state index contributed by atoms with van der Waals surface area (Å²) < 4.78 is 6.23. The second-order valence-electron chi connectivity index (χ2n) is 8.38. The third kappa shape index (κ3) is 2.53. The van der Waals surface area contributed by atoms with Crippen molar-refractivity contribution in [1.82, 2.24) is 0 Å². The van der Waals surface area contributed by atoms with E-state index in [1.165, 1.54) is 0 Å². The fraction of sp³-hybridized carbons (Fsp3) is 0.154. The van der Waals surface area contributed by atoms with Crippen molar-refractivity contribution >= 4 is 40.7 Å². The third-order valence-corrected chi connectivity index (χ3v) is 6.98. The Morgan fingerprint density at radius 3 is 1.91 bits per heavy atom. The van der Waals surface area contributed by atoms with Crippen LogP contribution in [0.15, 0.2) is 78.9 Å². The Bertz CT molecular complexity index is 1320. The van der Waals surface area contributed by atoms with Crippen LogP contribution in [0.4, 0.5) is 5.69 Å². The molecule has 1 aliphatic carbocycles. The molecule has 2 heterocycles. The van der Waals surface area contributed by atoms with Crippen molar-refractivity contribution in [2.75, 3.05) is 4.90 Å². The summed E-state index contributed by atoms with van der Waals surface area (Å²) in [7, 11) is 0. The maximum atomic E-state index is 13.8. The van der Waals surface area contributed by atoms with Gasteiger partial charge in [0.05, 0.1) is 23.6 Å². The fourth-order valence-corrected chi connectivity index (χ4v) is 5.43. The molecule has 2 saturated heterocycles. The van der Waals surface area contributed by atoms with Gasteiger partial charge in [-0.25, -0.2) is 4.90 Å². The average molecular weight is 458 g/mol. The molecule has 162 valence electrons. The van der Waals surface area contributed by atoms with Crippen LogP contribution < -0.4 is 4.90 Å². The van der Waals surface area contributed by atoms with Gasteiger partial charge in [0.2, 0.25) is 29.0 Å². The van der Waals surface area contributed by atoms with Crippen molar-refractivity contribution in [3.05, 3.63) is 101 Å². The number of carbonyl (C=O) groups excluding carboxylic acids is 4. The molecule has 3 atom stereocenters. The van der Waals surface area contributed by atoms with Crippen LogP contribution in [-0.4, -0.2) is 29.0 Å². The lowest BCUT2D eigenvalue weighted by molar-refractivity contribution is -0.127. The minimum atomic E-state index is -2.07. The molecule has 3 aromatic carbocycles. The number of anilines is 1. The standard InChI is InChI=1S/C26H16ClNO5/c27-15-10-12-16(13-11-15)28-24(31)19-20(25(28)32)26(33-21(19)14-6-2-1-3-7-14)22(29)17-8-4-5-9-18(17)23(26)30/h1-13,19-21H/t19-,20+,21+/m1/s1. The van der Waals surface area contributed by atoms with Crippen LogP contribution in [0.1, 0.15) is 32.4 Å². The number of ketones is 2. The van der Waals surface area contributed by atoms with Gasteiger partial charge in [-0.05, 0) is 29.8 Å². The normalized spacial score (nSPS) is 25.1. The predicted molar refractivity (Wildman–Crippen MR) is 119 cm³/mol. The molecule has 6 rings (SSSR count). The molecular formula is C26H16ClNO5. The van der Waals surface area contributed by atoms with Crippen molar-refractivity contribution in [2.24, 2.45) is 11.8 Å². The number of Topliss-reactive ketones (excluding diaryl/α,β-unsaturated/α-hetero) is 2. The first-order valence-corrected chi connectivity index (χ1v) is 10.9. The topological polar surface area (TPSA) is 80.8 Å². The summed E-state index contributed by atoms with van der Waals surface area (Å²) >= 11 is 5.98. The Labute approximate surface area is 193 Å². The van der Waals surface area contributed by atoms with E-state index in [0.717, 1.165) is 4.90 Å². The molecule has 7 heteroatoms. The largest absolute Gasteiger partial charge is 0.349 e. The molecule has 0 bridgehead atoms. The molecule has 0 aromatic heterocycles. The quantitative estimate of drug-likeness (QED) is 0.428. The first kappa shape index (κ1) is 20.0. The van der Waals surface area contributed by atoms with Gasteiger partial charge in [0.1, 0.15) is 0 Å². The summed E-state index contributed by atoms with van der Waals surface area (Å²) in [6, 6.07) is 21.6. The molecule has 2 aliphatic heterocycles. The Morgan fingerprint density at radius 1 is 0.727 bits per heavy atom. The second kappa shape index (κ2) is 6.94. The van der Waals surface area contributed by atoms with E-state index in [4.69, 9.17) is 16.3 Å². The number of hydrogen-bond donors (Lipinski definition) is 0. The fourth-order valence-electron chi connectivity index (χ4n) is 5.31. The van der Waals surface area contributed by atoms with E-state index in [0.29, 0.717) is 16.3 Å². The van der Waals surface area contributed by atoms with Gasteiger partial charge in [-0.3, -0.25) is 19.2 Å². The molecule has 2 amide bonds. The summed E-state index contributed by atoms with van der Waals surface area (Å²) in [5, 5.41) is 0.455. The molecular weight excluding hydrogens is 442 g/mol. The Morgan fingerprint density at radius 2 is 1.30 bits per heavy atom. The minimum absolute atomic E-state index is 0.208. The van der Waals surface area contributed by atoms with Crippen LogP contribution in [0.5, 0.6) is 0 Å². The van der Waals surface area contributed by atoms with Crippen molar-refractivity contribution in [2.45, 2.75) is 11.7 Å². The monoisotopic (exact) mass is 457 g/mol. The summed E-state index contributed by atoms with van der Waals surface area (Å²) in [4.78, 5) is 55.8. The number of benzene rings is 3. The number of hydrogen-bond acceptors (Lipinski definition) is 5. The molecule has 0 N–H and O–H groups in total. The van der Waals surface area contributed by atoms with Crippen LogP contribution in [0.25, 0.3) is 0 Å². The van der Waals surface area contributed by atoms with Gasteiger partial charge in [-0.2, -0.15) is 0 Å². The van der Waals surface area contributed by atoms with Crippen molar-refractivity contribution in [1.29, 1.82) is 0 Å². The van der Waals surface area contributed by atoms with Crippen molar-refractivity contribution in [3.8, 4) is 0 Å². The van der Waals surface area contributed by atoms with Crippen LogP contribution >= 0.6 is 11.6 Å². The molecule has 3 aromatic rings. The highest BCUT2D eigenvalue weighted by Crippen LogP contribution is 2.57. The van der Waals surface area contributed by atoms with Gasteiger partial charge in [0.15, 0.2) is 0 Å². The van der Waals surface area contributed by atoms with Crippen LogP contribution in [0.2, 0.25) is 5.02 Å². The van der Waals surface area contributed by atoms with Crippen LogP contribution in [0, 0.1) is 11.8 Å². The third-order valence-electron chi connectivity index (χ3n) is 6.73. The van der Waals surface area contributed by atoms with E-state index in [1.807, 2.05) is 6.07 Å². The molecule has 33 heavy (non-hydrogen) atoms. The minimum Gasteiger partial charge on any atom is -0.349 e. The van der Waals surface area contributed by atoms with E-state index in [9.17, 15) is 19.2 Å². The number of ether oxygens (including phenoxy) is 1. The van der Waals surface area contributed by atoms with E-state index >= 15 is 0 Å². The Balaban J connectivity index is 1.55. The highest BCUT2D eigenvalue weighted by Gasteiger charge is 2.74. The van der Waals surface area contributed by atoms with E-state index < -0.39 is 46.9 Å². The van der Waals surface area contributed by atoms with Crippen molar-refractivity contribution < 1.29 is 23.9 Å². The predicted octanol–water partition coefficient (Wildman–Crippen LogP) is 4.04. The lowest BCUT2D eigenvalue weighted by Gasteiger charge is -2.27. The lowest BCUT2D eigenvalue weighted by Crippen LogP contribution is -2.51. The van der Waals surface area contributed by atoms with Crippen LogP contribution in [0.3, 0.4) is 0 Å². The Kier molecular flexibility index (Phi) is 4.21. The second-order valence-corrected chi connectivity index (χ2v) is 8.82. The highest BCUT2D eigenvalue weighted by molar-refractivity contribution is 6.37. The Hall–Kier alpha value is -3.61. The smallest absolute Gasteiger partial charge is 0.241 e. The van der Waals surface area contributed by atoms with Gasteiger partial charge >= 0.3 is 0 Å². The number of imide groups is 1. The van der Waals surface area contributed by atoms with Crippen LogP contribution in [-0.2, 0) is 14.3 Å². The zero-order valence-electron chi connectivity index (χ0n) is 17.1. The first-order valence-electron chi connectivity index (χ1n) is 10.5. The van der Waals surface area contributed by atoms with E-state index in [-0.39, 0.29) is 11.1 Å². The molecule has 1 spiro atoms.